The van der Waals surface area contributed by atoms with Crippen LogP contribution in [0.15, 0.2) is 54.6 Å². The van der Waals surface area contributed by atoms with Crippen LogP contribution in [-0.4, -0.2) is 73.4 Å². The molecule has 2 aromatic rings. The molecule has 3 heterocycles. The lowest BCUT2D eigenvalue weighted by Gasteiger charge is -2.39. The van der Waals surface area contributed by atoms with Crippen molar-refractivity contribution in [2.75, 3.05) is 46.0 Å². The van der Waals surface area contributed by atoms with Gasteiger partial charge in [0.25, 0.3) is 5.91 Å². The Kier molecular flexibility index (Phi) is 6.44. The Labute approximate surface area is 190 Å². The quantitative estimate of drug-likeness (QED) is 0.720. The SMILES string of the molecule is O=C(c1ccccc1CN1CCOCC1)N1CCC2(CC1)C[C@@H](Oc1ccccc1)CO2. The Morgan fingerprint density at radius 2 is 1.69 bits per heavy atom. The summed E-state index contributed by atoms with van der Waals surface area (Å²) >= 11 is 0. The molecule has 1 spiro atoms. The fourth-order valence-corrected chi connectivity index (χ4v) is 5.07. The number of piperidine rings is 1. The zero-order chi connectivity index (χ0) is 21.8. The molecular formula is C26H32N2O4. The van der Waals surface area contributed by atoms with Gasteiger partial charge in [0, 0.05) is 44.7 Å². The number of amides is 1. The van der Waals surface area contributed by atoms with Crippen LogP contribution in [0.5, 0.6) is 5.75 Å². The van der Waals surface area contributed by atoms with E-state index in [1.165, 1.54) is 0 Å². The van der Waals surface area contributed by atoms with E-state index in [4.69, 9.17) is 14.2 Å². The van der Waals surface area contributed by atoms with Crippen LogP contribution in [-0.2, 0) is 16.0 Å². The summed E-state index contributed by atoms with van der Waals surface area (Å²) in [6, 6.07) is 18.0. The van der Waals surface area contributed by atoms with Gasteiger partial charge < -0.3 is 19.1 Å². The third-order valence-corrected chi connectivity index (χ3v) is 6.93. The van der Waals surface area contributed by atoms with Gasteiger partial charge in [-0.05, 0) is 36.6 Å². The summed E-state index contributed by atoms with van der Waals surface area (Å²) in [5, 5.41) is 0. The van der Waals surface area contributed by atoms with Crippen molar-refractivity contribution < 1.29 is 19.0 Å². The highest BCUT2D eigenvalue weighted by molar-refractivity contribution is 5.95. The first kappa shape index (κ1) is 21.4. The molecule has 0 bridgehead atoms. The van der Waals surface area contributed by atoms with E-state index in [-0.39, 0.29) is 17.6 Å². The maximum atomic E-state index is 13.4. The number of nitrogens with zero attached hydrogens (tertiary/aromatic N) is 2. The lowest BCUT2D eigenvalue weighted by molar-refractivity contribution is -0.0396. The van der Waals surface area contributed by atoms with Gasteiger partial charge in [0.05, 0.1) is 25.4 Å². The first-order valence-corrected chi connectivity index (χ1v) is 11.7. The van der Waals surface area contributed by atoms with Crippen molar-refractivity contribution in [1.82, 2.24) is 9.80 Å². The summed E-state index contributed by atoms with van der Waals surface area (Å²) in [6.07, 6.45) is 2.68. The number of para-hydroxylation sites is 1. The Hall–Kier alpha value is -2.41. The van der Waals surface area contributed by atoms with E-state index in [0.717, 1.165) is 82.1 Å². The van der Waals surface area contributed by atoms with E-state index in [2.05, 4.69) is 11.0 Å². The Bertz CT molecular complexity index is 905. The molecule has 170 valence electrons. The summed E-state index contributed by atoms with van der Waals surface area (Å²) in [5.41, 5.74) is 1.77. The molecule has 2 aromatic carbocycles. The lowest BCUT2D eigenvalue weighted by atomic mass is 9.87. The summed E-state index contributed by atoms with van der Waals surface area (Å²) in [4.78, 5) is 17.7. The van der Waals surface area contributed by atoms with Crippen molar-refractivity contribution in [2.45, 2.75) is 37.5 Å². The molecule has 3 aliphatic heterocycles. The number of rotatable bonds is 5. The van der Waals surface area contributed by atoms with E-state index >= 15 is 0 Å². The standard InChI is InChI=1S/C26H32N2O4/c29-25(24-9-5-4-6-21(24)19-27-14-16-30-17-15-27)28-12-10-26(11-13-28)18-23(20-31-26)32-22-7-2-1-3-8-22/h1-9,23H,10-20H2/t23-/m1/s1. The van der Waals surface area contributed by atoms with Gasteiger partial charge in [0.15, 0.2) is 0 Å². The molecule has 0 aromatic heterocycles. The minimum Gasteiger partial charge on any atom is -0.488 e. The summed E-state index contributed by atoms with van der Waals surface area (Å²) in [5.74, 6) is 1.03. The van der Waals surface area contributed by atoms with Gasteiger partial charge in [-0.15, -0.1) is 0 Å². The lowest BCUT2D eigenvalue weighted by Crippen LogP contribution is -2.47. The van der Waals surface area contributed by atoms with Gasteiger partial charge in [-0.3, -0.25) is 9.69 Å². The third-order valence-electron chi connectivity index (χ3n) is 6.93. The van der Waals surface area contributed by atoms with Crippen molar-refractivity contribution in [3.63, 3.8) is 0 Å². The molecule has 0 unspecified atom stereocenters. The van der Waals surface area contributed by atoms with Gasteiger partial charge in [-0.1, -0.05) is 36.4 Å². The molecule has 3 saturated heterocycles. The molecule has 5 rings (SSSR count). The van der Waals surface area contributed by atoms with Gasteiger partial charge in [0.2, 0.25) is 0 Å². The molecule has 1 amide bonds. The fourth-order valence-electron chi connectivity index (χ4n) is 5.07. The van der Waals surface area contributed by atoms with Crippen molar-refractivity contribution in [1.29, 1.82) is 0 Å². The van der Waals surface area contributed by atoms with E-state index in [9.17, 15) is 4.79 Å². The minimum atomic E-state index is -0.163. The summed E-state index contributed by atoms with van der Waals surface area (Å²) in [6.45, 7) is 6.22. The number of carbonyl (C=O) groups excluding carboxylic acids is 1. The first-order valence-electron chi connectivity index (χ1n) is 11.7. The maximum absolute atomic E-state index is 13.4. The fraction of sp³-hybridized carbons (Fsp3) is 0.500. The molecule has 0 aliphatic carbocycles. The molecule has 0 N–H and O–H groups in total. The Morgan fingerprint density at radius 3 is 2.47 bits per heavy atom. The normalized spacial score (nSPS) is 23.4. The zero-order valence-corrected chi connectivity index (χ0v) is 18.6. The molecule has 3 aliphatic rings. The number of carbonyl (C=O) groups is 1. The van der Waals surface area contributed by atoms with Crippen molar-refractivity contribution in [3.05, 3.63) is 65.7 Å². The molecule has 6 nitrogen and oxygen atoms in total. The Balaban J connectivity index is 1.18. The number of likely N-dealkylation sites (tertiary alicyclic amines) is 1. The van der Waals surface area contributed by atoms with E-state index in [1.807, 2.05) is 53.4 Å². The highest BCUT2D eigenvalue weighted by atomic mass is 16.6. The Morgan fingerprint density at radius 1 is 0.969 bits per heavy atom. The van der Waals surface area contributed by atoms with Crippen LogP contribution >= 0.6 is 0 Å². The number of hydrogen-bond acceptors (Lipinski definition) is 5. The molecule has 6 heteroatoms. The zero-order valence-electron chi connectivity index (χ0n) is 18.6. The predicted octanol–water partition coefficient (Wildman–Crippen LogP) is 3.36. The second-order valence-electron chi connectivity index (χ2n) is 9.09. The number of benzene rings is 2. The van der Waals surface area contributed by atoms with Crippen molar-refractivity contribution >= 4 is 5.91 Å². The second kappa shape index (κ2) is 9.61. The first-order chi connectivity index (χ1) is 15.7. The molecule has 3 fully saturated rings. The molecular weight excluding hydrogens is 404 g/mol. The van der Waals surface area contributed by atoms with Crippen LogP contribution in [0, 0.1) is 0 Å². The van der Waals surface area contributed by atoms with Gasteiger partial charge in [-0.25, -0.2) is 0 Å². The van der Waals surface area contributed by atoms with Crippen LogP contribution in [0.2, 0.25) is 0 Å². The van der Waals surface area contributed by atoms with Gasteiger partial charge in [0.1, 0.15) is 11.9 Å². The van der Waals surface area contributed by atoms with E-state index < -0.39 is 0 Å². The number of morpholine rings is 1. The highest BCUT2D eigenvalue weighted by Crippen LogP contribution is 2.37. The predicted molar refractivity (Wildman–Crippen MR) is 122 cm³/mol. The van der Waals surface area contributed by atoms with Crippen LogP contribution in [0.25, 0.3) is 0 Å². The third kappa shape index (κ3) is 4.82. The highest BCUT2D eigenvalue weighted by Gasteiger charge is 2.44. The van der Waals surface area contributed by atoms with Crippen LogP contribution in [0.1, 0.15) is 35.2 Å². The molecule has 0 radical (unpaired) electrons. The average Bonchev–Trinajstić information content (AvgIpc) is 3.22. The van der Waals surface area contributed by atoms with Crippen LogP contribution in [0.3, 0.4) is 0 Å². The number of ether oxygens (including phenoxy) is 3. The monoisotopic (exact) mass is 436 g/mol. The van der Waals surface area contributed by atoms with Gasteiger partial charge >= 0.3 is 0 Å². The van der Waals surface area contributed by atoms with Crippen LogP contribution in [0.4, 0.5) is 0 Å². The van der Waals surface area contributed by atoms with E-state index in [1.54, 1.807) is 0 Å². The summed E-state index contributed by atoms with van der Waals surface area (Å²) < 4.78 is 17.8. The van der Waals surface area contributed by atoms with E-state index in [0.29, 0.717) is 6.61 Å². The van der Waals surface area contributed by atoms with Crippen molar-refractivity contribution in [2.24, 2.45) is 0 Å². The smallest absolute Gasteiger partial charge is 0.254 e. The van der Waals surface area contributed by atoms with Crippen LogP contribution < -0.4 is 4.74 Å². The second-order valence-corrected chi connectivity index (χ2v) is 9.09. The maximum Gasteiger partial charge on any atom is 0.254 e. The number of hydrogen-bond donors (Lipinski definition) is 0. The molecule has 32 heavy (non-hydrogen) atoms. The average molecular weight is 437 g/mol. The molecule has 1 atom stereocenters. The largest absolute Gasteiger partial charge is 0.488 e. The van der Waals surface area contributed by atoms with Crippen molar-refractivity contribution in [3.8, 4) is 5.75 Å². The molecule has 0 saturated carbocycles. The summed E-state index contributed by atoms with van der Waals surface area (Å²) in [7, 11) is 0. The minimum absolute atomic E-state index is 0.0777. The topological polar surface area (TPSA) is 51.2 Å². The van der Waals surface area contributed by atoms with Gasteiger partial charge in [-0.2, -0.15) is 0 Å².